The topological polar surface area (TPSA) is 77.8 Å². The monoisotopic (exact) mass is 419 g/mol. The number of nitrogens with zero attached hydrogens (tertiary/aromatic N) is 1. The summed E-state index contributed by atoms with van der Waals surface area (Å²) < 4.78 is 12.6. The van der Waals surface area contributed by atoms with Gasteiger partial charge in [-0.1, -0.05) is 90.9 Å². The van der Waals surface area contributed by atoms with Gasteiger partial charge >= 0.3 is 7.60 Å². The molecule has 0 rings (SSSR count). The fourth-order valence-electron chi connectivity index (χ4n) is 3.96. The third kappa shape index (κ3) is 9.41. The van der Waals surface area contributed by atoms with Crippen molar-refractivity contribution in [3.8, 4) is 0 Å². The lowest BCUT2D eigenvalue weighted by atomic mass is 9.91. The Bertz CT molecular complexity index is 430. The highest BCUT2D eigenvalue weighted by Gasteiger charge is 2.53. The number of unbranched alkanes of at least 4 members (excludes halogenated alkanes) is 10. The van der Waals surface area contributed by atoms with Gasteiger partial charge in [0, 0.05) is 13.1 Å². The molecule has 0 saturated carbocycles. The van der Waals surface area contributed by atoms with Gasteiger partial charge in [0.1, 0.15) is 0 Å². The zero-order chi connectivity index (χ0) is 21.5. The maximum absolute atomic E-state index is 13.2. The molecular weight excluding hydrogens is 373 g/mol. The first-order valence-electron chi connectivity index (χ1n) is 11.7. The summed E-state index contributed by atoms with van der Waals surface area (Å²) in [5.41, 5.74) is 0. The quantitative estimate of drug-likeness (QED) is 0.203. The van der Waals surface area contributed by atoms with Gasteiger partial charge in [0.2, 0.25) is 5.91 Å². The third-order valence-corrected chi connectivity index (χ3v) is 7.65. The van der Waals surface area contributed by atoms with Gasteiger partial charge in [0.25, 0.3) is 0 Å². The maximum Gasteiger partial charge on any atom is 0.341 e. The molecule has 0 unspecified atom stereocenters. The van der Waals surface area contributed by atoms with Gasteiger partial charge < -0.3 is 14.7 Å². The van der Waals surface area contributed by atoms with E-state index in [2.05, 4.69) is 13.8 Å². The number of rotatable bonds is 18. The van der Waals surface area contributed by atoms with Crippen molar-refractivity contribution in [2.75, 3.05) is 13.1 Å². The molecule has 0 bridgehead atoms. The van der Waals surface area contributed by atoms with Crippen molar-refractivity contribution in [2.24, 2.45) is 0 Å². The molecular formula is C22H46NO4P. The molecule has 0 heterocycles. The summed E-state index contributed by atoms with van der Waals surface area (Å²) in [6.45, 7) is 9.07. The van der Waals surface area contributed by atoms with Crippen LogP contribution in [0.2, 0.25) is 0 Å². The fourth-order valence-corrected chi connectivity index (χ4v) is 5.24. The minimum absolute atomic E-state index is 0.299. The summed E-state index contributed by atoms with van der Waals surface area (Å²) in [4.78, 5) is 35.4. The van der Waals surface area contributed by atoms with Crippen LogP contribution in [0.15, 0.2) is 0 Å². The van der Waals surface area contributed by atoms with Crippen LogP contribution in [0.3, 0.4) is 0 Å². The molecule has 0 aliphatic carbocycles. The molecule has 0 aliphatic rings. The van der Waals surface area contributed by atoms with Crippen LogP contribution in [0.4, 0.5) is 0 Å². The largest absolute Gasteiger partial charge is 0.342 e. The molecule has 5 nitrogen and oxygen atoms in total. The van der Waals surface area contributed by atoms with E-state index in [1.165, 1.54) is 25.7 Å². The summed E-state index contributed by atoms with van der Waals surface area (Å²) in [7, 11) is -4.56. The predicted molar refractivity (Wildman–Crippen MR) is 119 cm³/mol. The van der Waals surface area contributed by atoms with Crippen LogP contribution in [0.1, 0.15) is 118 Å². The lowest BCUT2D eigenvalue weighted by Crippen LogP contribution is -2.49. The summed E-state index contributed by atoms with van der Waals surface area (Å²) in [6, 6.07) is 0. The molecule has 6 heteroatoms. The van der Waals surface area contributed by atoms with Crippen molar-refractivity contribution in [2.45, 2.75) is 123 Å². The Labute approximate surface area is 173 Å². The zero-order valence-corrected chi connectivity index (χ0v) is 19.8. The number of hydrogen-bond acceptors (Lipinski definition) is 2. The first kappa shape index (κ1) is 27.6. The minimum atomic E-state index is -4.56. The van der Waals surface area contributed by atoms with E-state index in [4.69, 9.17) is 0 Å². The second-order valence-electron chi connectivity index (χ2n) is 8.09. The van der Waals surface area contributed by atoms with Crippen LogP contribution in [0.25, 0.3) is 0 Å². The van der Waals surface area contributed by atoms with Crippen molar-refractivity contribution in [3.05, 3.63) is 0 Å². The average molecular weight is 420 g/mol. The normalized spacial score (nSPS) is 12.4. The van der Waals surface area contributed by atoms with Crippen LogP contribution < -0.4 is 0 Å². The molecule has 0 aromatic heterocycles. The average Bonchev–Trinajstić information content (AvgIpc) is 2.65. The Kier molecular flexibility index (Phi) is 15.2. The highest BCUT2D eigenvalue weighted by Crippen LogP contribution is 2.57. The second kappa shape index (κ2) is 15.5. The molecule has 0 aliphatic heterocycles. The van der Waals surface area contributed by atoms with E-state index >= 15 is 0 Å². The second-order valence-corrected chi connectivity index (χ2v) is 10.0. The smallest absolute Gasteiger partial charge is 0.341 e. The molecule has 0 aromatic carbocycles. The molecule has 0 saturated heterocycles. The lowest BCUT2D eigenvalue weighted by Gasteiger charge is -2.37. The van der Waals surface area contributed by atoms with Gasteiger partial charge in [0.15, 0.2) is 5.16 Å². The van der Waals surface area contributed by atoms with E-state index in [1.54, 1.807) is 4.90 Å². The highest BCUT2D eigenvalue weighted by atomic mass is 31.2. The van der Waals surface area contributed by atoms with Gasteiger partial charge in [-0.15, -0.1) is 0 Å². The molecule has 28 heavy (non-hydrogen) atoms. The van der Waals surface area contributed by atoms with Crippen LogP contribution >= 0.6 is 7.60 Å². The van der Waals surface area contributed by atoms with Crippen LogP contribution in [-0.2, 0) is 9.36 Å². The van der Waals surface area contributed by atoms with Crippen molar-refractivity contribution < 1.29 is 19.1 Å². The SMILES string of the molecule is CCCCCCCCC(CCCCCCCC)(C(=O)N(CC)CC)P(=O)(O)O. The third-order valence-electron chi connectivity index (χ3n) is 5.89. The van der Waals surface area contributed by atoms with Gasteiger partial charge in [-0.25, -0.2) is 0 Å². The Balaban J connectivity index is 5.18. The minimum Gasteiger partial charge on any atom is -0.342 e. The lowest BCUT2D eigenvalue weighted by molar-refractivity contribution is -0.134. The standard InChI is InChI=1S/C22H46NO4P/c1-5-9-11-13-15-17-19-22(28(25,26)27,21(24)23(7-3)8-4)20-18-16-14-12-10-6-2/h5-20H2,1-4H3,(H2,25,26,27). The summed E-state index contributed by atoms with van der Waals surface area (Å²) >= 11 is 0. The molecule has 0 radical (unpaired) electrons. The van der Waals surface area contributed by atoms with Crippen molar-refractivity contribution >= 4 is 13.5 Å². The van der Waals surface area contributed by atoms with E-state index in [-0.39, 0.29) is 5.91 Å². The van der Waals surface area contributed by atoms with Crippen molar-refractivity contribution in [3.63, 3.8) is 0 Å². The van der Waals surface area contributed by atoms with Gasteiger partial charge in [-0.05, 0) is 26.7 Å². The number of hydrogen-bond donors (Lipinski definition) is 2. The summed E-state index contributed by atoms with van der Waals surface area (Å²) in [5.74, 6) is -0.340. The Morgan fingerprint density at radius 3 is 1.39 bits per heavy atom. The number of amides is 1. The van der Waals surface area contributed by atoms with Crippen LogP contribution in [-0.4, -0.2) is 38.8 Å². The van der Waals surface area contributed by atoms with Gasteiger partial charge in [-0.2, -0.15) is 0 Å². The van der Waals surface area contributed by atoms with Crippen molar-refractivity contribution in [1.29, 1.82) is 0 Å². The first-order valence-corrected chi connectivity index (χ1v) is 13.3. The van der Waals surface area contributed by atoms with E-state index in [9.17, 15) is 19.1 Å². The molecule has 0 aromatic rings. The molecule has 168 valence electrons. The molecule has 2 N–H and O–H groups in total. The number of carbonyl (C=O) groups is 1. The fraction of sp³-hybridized carbons (Fsp3) is 0.955. The van der Waals surface area contributed by atoms with Gasteiger partial charge in [0.05, 0.1) is 0 Å². The predicted octanol–water partition coefficient (Wildman–Crippen LogP) is 6.27. The molecule has 0 atom stereocenters. The molecule has 0 fully saturated rings. The van der Waals surface area contributed by atoms with E-state index < -0.39 is 12.8 Å². The Morgan fingerprint density at radius 2 is 1.07 bits per heavy atom. The number of carbonyl (C=O) groups excluding carboxylic acids is 1. The van der Waals surface area contributed by atoms with E-state index in [1.807, 2.05) is 13.8 Å². The maximum atomic E-state index is 13.2. The van der Waals surface area contributed by atoms with Crippen LogP contribution in [0, 0.1) is 0 Å². The molecule has 1 amide bonds. The van der Waals surface area contributed by atoms with Crippen LogP contribution in [0.5, 0.6) is 0 Å². The van der Waals surface area contributed by atoms with Gasteiger partial charge in [-0.3, -0.25) is 9.36 Å². The van der Waals surface area contributed by atoms with Crippen molar-refractivity contribution in [1.82, 2.24) is 4.90 Å². The summed E-state index contributed by atoms with van der Waals surface area (Å²) in [6.07, 6.45) is 13.1. The highest BCUT2D eigenvalue weighted by molar-refractivity contribution is 7.54. The Morgan fingerprint density at radius 1 is 0.714 bits per heavy atom. The van der Waals surface area contributed by atoms with E-state index in [0.29, 0.717) is 38.8 Å². The molecule has 0 spiro atoms. The summed E-state index contributed by atoms with van der Waals surface area (Å²) in [5, 5.41) is -1.53. The van der Waals surface area contributed by atoms with E-state index in [0.717, 1.165) is 38.5 Å². The zero-order valence-electron chi connectivity index (χ0n) is 18.9. The first-order chi connectivity index (χ1) is 13.3. The Hall–Kier alpha value is -0.380.